The number of nitrogens with zero attached hydrogens (tertiary/aromatic N) is 2. The van der Waals surface area contributed by atoms with Crippen LogP contribution in [-0.2, 0) is 6.61 Å². The van der Waals surface area contributed by atoms with E-state index in [1.807, 2.05) is 22.2 Å². The summed E-state index contributed by atoms with van der Waals surface area (Å²) in [7, 11) is 0. The molecule has 20 heavy (non-hydrogen) atoms. The van der Waals surface area contributed by atoms with E-state index in [0.29, 0.717) is 23.5 Å². The maximum Gasteiger partial charge on any atom is 0.335 e. The van der Waals surface area contributed by atoms with E-state index >= 15 is 0 Å². The summed E-state index contributed by atoms with van der Waals surface area (Å²) in [5.41, 5.74) is 1.82. The van der Waals surface area contributed by atoms with Gasteiger partial charge < -0.3 is 9.84 Å². The zero-order valence-corrected chi connectivity index (χ0v) is 11.6. The van der Waals surface area contributed by atoms with E-state index in [9.17, 15) is 4.79 Å². The third kappa shape index (κ3) is 2.37. The van der Waals surface area contributed by atoms with Gasteiger partial charge >= 0.3 is 5.97 Å². The molecule has 0 aliphatic rings. The largest absolute Gasteiger partial charge is 0.487 e. The number of aromatic carboxylic acids is 1. The Kier molecular flexibility index (Phi) is 3.15. The van der Waals surface area contributed by atoms with Crippen LogP contribution in [0.4, 0.5) is 0 Å². The molecule has 3 aromatic rings. The standard InChI is InChI=1S/C14H12N2O3S/c1-9-6-11(2-3-12(9)13(17)18)19-8-10-7-16-4-5-20-14(16)15-10/h2-7H,8H2,1H3,(H,17,18). The van der Waals surface area contributed by atoms with Gasteiger partial charge in [-0.05, 0) is 30.7 Å². The van der Waals surface area contributed by atoms with Crippen molar-refractivity contribution < 1.29 is 14.6 Å². The molecule has 1 N–H and O–H groups in total. The maximum absolute atomic E-state index is 10.9. The third-order valence-electron chi connectivity index (χ3n) is 2.96. The van der Waals surface area contributed by atoms with E-state index in [-0.39, 0.29) is 0 Å². The van der Waals surface area contributed by atoms with Crippen LogP contribution < -0.4 is 4.74 Å². The number of rotatable bonds is 4. The first-order valence-corrected chi connectivity index (χ1v) is 6.89. The second-order valence-electron chi connectivity index (χ2n) is 4.40. The molecule has 102 valence electrons. The fourth-order valence-electron chi connectivity index (χ4n) is 1.97. The Labute approximate surface area is 119 Å². The van der Waals surface area contributed by atoms with Gasteiger partial charge in [-0.25, -0.2) is 9.78 Å². The summed E-state index contributed by atoms with van der Waals surface area (Å²) in [5, 5.41) is 10.9. The topological polar surface area (TPSA) is 63.8 Å². The molecule has 0 amide bonds. The number of aromatic nitrogens is 2. The summed E-state index contributed by atoms with van der Waals surface area (Å²) in [6.07, 6.45) is 3.87. The van der Waals surface area contributed by atoms with Crippen LogP contribution in [0.2, 0.25) is 0 Å². The van der Waals surface area contributed by atoms with E-state index < -0.39 is 5.97 Å². The van der Waals surface area contributed by atoms with Gasteiger partial charge in [-0.1, -0.05) is 0 Å². The van der Waals surface area contributed by atoms with Crippen LogP contribution in [0.5, 0.6) is 5.75 Å². The maximum atomic E-state index is 10.9. The molecule has 0 aliphatic carbocycles. The molecule has 1 aromatic carbocycles. The van der Waals surface area contributed by atoms with Gasteiger partial charge in [0.25, 0.3) is 0 Å². The molecule has 0 spiro atoms. The normalized spacial score (nSPS) is 10.8. The van der Waals surface area contributed by atoms with Gasteiger partial charge in [0.05, 0.1) is 11.3 Å². The summed E-state index contributed by atoms with van der Waals surface area (Å²) >= 11 is 1.57. The van der Waals surface area contributed by atoms with Crippen molar-refractivity contribution in [2.24, 2.45) is 0 Å². The number of carboxylic acids is 1. The molecule has 0 fully saturated rings. The molecule has 2 aromatic heterocycles. The minimum absolute atomic E-state index is 0.292. The average molecular weight is 288 g/mol. The predicted molar refractivity (Wildman–Crippen MR) is 75.5 cm³/mol. The highest BCUT2D eigenvalue weighted by molar-refractivity contribution is 7.15. The minimum atomic E-state index is -0.927. The molecule has 0 bridgehead atoms. The Morgan fingerprint density at radius 3 is 3.05 bits per heavy atom. The molecule has 0 atom stereocenters. The Morgan fingerprint density at radius 2 is 2.35 bits per heavy atom. The van der Waals surface area contributed by atoms with Crippen molar-refractivity contribution in [2.75, 3.05) is 0 Å². The fraction of sp³-hybridized carbons (Fsp3) is 0.143. The molecule has 3 rings (SSSR count). The first-order valence-electron chi connectivity index (χ1n) is 6.01. The number of carboxylic acid groups (broad SMARTS) is 1. The lowest BCUT2D eigenvalue weighted by Gasteiger charge is -2.06. The van der Waals surface area contributed by atoms with E-state index in [2.05, 4.69) is 4.98 Å². The molecule has 0 radical (unpaired) electrons. The summed E-state index contributed by atoms with van der Waals surface area (Å²) in [5.74, 6) is -0.285. The first-order chi connectivity index (χ1) is 9.63. The highest BCUT2D eigenvalue weighted by atomic mass is 32.1. The van der Waals surface area contributed by atoms with Crippen LogP contribution in [0.25, 0.3) is 4.96 Å². The van der Waals surface area contributed by atoms with E-state index in [4.69, 9.17) is 9.84 Å². The van der Waals surface area contributed by atoms with Crippen LogP contribution in [0, 0.1) is 6.92 Å². The number of ether oxygens (including phenoxy) is 1. The molecule has 0 saturated carbocycles. The van der Waals surface area contributed by atoms with E-state index in [1.54, 1.807) is 36.5 Å². The molecule has 0 aliphatic heterocycles. The number of hydrogen-bond donors (Lipinski definition) is 1. The van der Waals surface area contributed by atoms with E-state index in [1.165, 1.54) is 0 Å². The predicted octanol–water partition coefficient (Wildman–Crippen LogP) is 2.98. The van der Waals surface area contributed by atoms with E-state index in [0.717, 1.165) is 10.7 Å². The van der Waals surface area contributed by atoms with Crippen molar-refractivity contribution >= 4 is 22.3 Å². The van der Waals surface area contributed by atoms with Gasteiger partial charge in [-0.15, -0.1) is 11.3 Å². The van der Waals surface area contributed by atoms with Crippen molar-refractivity contribution in [2.45, 2.75) is 13.5 Å². The lowest BCUT2D eigenvalue weighted by molar-refractivity contribution is 0.0696. The van der Waals surface area contributed by atoms with Crippen LogP contribution in [0.1, 0.15) is 21.6 Å². The van der Waals surface area contributed by atoms with Crippen molar-refractivity contribution in [3.8, 4) is 5.75 Å². The lowest BCUT2D eigenvalue weighted by atomic mass is 10.1. The van der Waals surface area contributed by atoms with Crippen molar-refractivity contribution in [3.05, 3.63) is 52.8 Å². The zero-order valence-electron chi connectivity index (χ0n) is 10.7. The fourth-order valence-corrected chi connectivity index (χ4v) is 2.69. The Bertz CT molecular complexity index is 747. The minimum Gasteiger partial charge on any atom is -0.487 e. The number of thiazole rings is 1. The van der Waals surface area contributed by atoms with Gasteiger partial charge in [0, 0.05) is 17.8 Å². The Balaban J connectivity index is 1.73. The Hall–Kier alpha value is -2.34. The number of fused-ring (bicyclic) bond motifs is 1. The summed E-state index contributed by atoms with van der Waals surface area (Å²) < 4.78 is 7.59. The molecule has 0 unspecified atom stereocenters. The van der Waals surface area contributed by atoms with Crippen molar-refractivity contribution in [1.82, 2.24) is 9.38 Å². The number of hydrogen-bond acceptors (Lipinski definition) is 4. The molecular formula is C14H12N2O3S. The highest BCUT2D eigenvalue weighted by Crippen LogP contribution is 2.19. The van der Waals surface area contributed by atoms with Gasteiger partial charge in [-0.3, -0.25) is 4.40 Å². The quantitative estimate of drug-likeness (QED) is 0.801. The molecule has 6 heteroatoms. The second-order valence-corrected chi connectivity index (χ2v) is 5.27. The Morgan fingerprint density at radius 1 is 1.50 bits per heavy atom. The number of benzene rings is 1. The monoisotopic (exact) mass is 288 g/mol. The number of aryl methyl sites for hydroxylation is 1. The average Bonchev–Trinajstić information content (AvgIpc) is 2.96. The van der Waals surface area contributed by atoms with Crippen molar-refractivity contribution in [1.29, 1.82) is 0 Å². The van der Waals surface area contributed by atoms with Gasteiger partial charge in [-0.2, -0.15) is 0 Å². The molecular weight excluding hydrogens is 276 g/mol. The number of imidazole rings is 1. The van der Waals surface area contributed by atoms with Crippen LogP contribution >= 0.6 is 11.3 Å². The van der Waals surface area contributed by atoms with Crippen LogP contribution in [0.15, 0.2) is 36.0 Å². The molecule has 2 heterocycles. The molecule has 0 saturated heterocycles. The first kappa shape index (κ1) is 12.7. The zero-order chi connectivity index (χ0) is 14.1. The van der Waals surface area contributed by atoms with Gasteiger partial charge in [0.1, 0.15) is 12.4 Å². The van der Waals surface area contributed by atoms with Gasteiger partial charge in [0.2, 0.25) is 0 Å². The van der Waals surface area contributed by atoms with Gasteiger partial charge in [0.15, 0.2) is 4.96 Å². The SMILES string of the molecule is Cc1cc(OCc2cn3ccsc3n2)ccc1C(=O)O. The lowest BCUT2D eigenvalue weighted by Crippen LogP contribution is -2.01. The summed E-state index contributed by atoms with van der Waals surface area (Å²) in [6, 6.07) is 4.94. The third-order valence-corrected chi connectivity index (χ3v) is 3.73. The number of carbonyl (C=O) groups is 1. The smallest absolute Gasteiger partial charge is 0.335 e. The highest BCUT2D eigenvalue weighted by Gasteiger charge is 2.08. The van der Waals surface area contributed by atoms with Crippen molar-refractivity contribution in [3.63, 3.8) is 0 Å². The second kappa shape index (κ2) is 4.97. The molecule has 5 nitrogen and oxygen atoms in total. The van der Waals surface area contributed by atoms with Crippen LogP contribution in [-0.4, -0.2) is 20.5 Å². The summed E-state index contributed by atoms with van der Waals surface area (Å²) in [4.78, 5) is 16.3. The van der Waals surface area contributed by atoms with Crippen LogP contribution in [0.3, 0.4) is 0 Å². The summed E-state index contributed by atoms with van der Waals surface area (Å²) in [6.45, 7) is 2.11.